The Kier molecular flexibility index (Phi) is 3.96. The summed E-state index contributed by atoms with van der Waals surface area (Å²) in [4.78, 5) is -0.209. The Hall–Kier alpha value is -1.67. The van der Waals surface area contributed by atoms with E-state index in [2.05, 4.69) is 20.7 Å². The normalized spacial score (nSPS) is 11.3. The molecular formula is C12H9BrF2N2O2S. The predicted octanol–water partition coefficient (Wildman–Crippen LogP) is 3.11. The summed E-state index contributed by atoms with van der Waals surface area (Å²) in [6.07, 6.45) is 0. The van der Waals surface area contributed by atoms with Crippen molar-refractivity contribution in [3.05, 3.63) is 52.5 Å². The second-order valence-corrected chi connectivity index (χ2v) is 6.45. The minimum Gasteiger partial charge on any atom is -0.396 e. The number of sulfonamides is 1. The van der Waals surface area contributed by atoms with E-state index >= 15 is 0 Å². The van der Waals surface area contributed by atoms with Crippen molar-refractivity contribution in [2.24, 2.45) is 0 Å². The molecule has 0 aliphatic rings. The molecule has 0 atom stereocenters. The number of halogens is 3. The highest BCUT2D eigenvalue weighted by atomic mass is 79.9. The van der Waals surface area contributed by atoms with Gasteiger partial charge in [0.1, 0.15) is 11.6 Å². The summed E-state index contributed by atoms with van der Waals surface area (Å²) in [7, 11) is -3.96. The van der Waals surface area contributed by atoms with E-state index in [1.165, 1.54) is 12.1 Å². The first-order chi connectivity index (χ1) is 9.29. The first kappa shape index (κ1) is 14.7. The Morgan fingerprint density at radius 3 is 2.35 bits per heavy atom. The Bertz CT molecular complexity index is 766. The van der Waals surface area contributed by atoms with E-state index in [1.807, 2.05) is 0 Å². The predicted molar refractivity (Wildman–Crippen MR) is 75.7 cm³/mol. The van der Waals surface area contributed by atoms with Crippen LogP contribution < -0.4 is 10.5 Å². The maximum absolute atomic E-state index is 13.3. The third-order valence-corrected chi connectivity index (χ3v) is 4.47. The van der Waals surface area contributed by atoms with Gasteiger partial charge in [0.05, 0.1) is 20.7 Å². The molecule has 106 valence electrons. The van der Waals surface area contributed by atoms with E-state index in [0.29, 0.717) is 0 Å². The van der Waals surface area contributed by atoms with Gasteiger partial charge in [-0.2, -0.15) is 0 Å². The van der Waals surface area contributed by atoms with Crippen molar-refractivity contribution in [1.82, 2.24) is 0 Å². The molecule has 2 aromatic carbocycles. The summed E-state index contributed by atoms with van der Waals surface area (Å²) in [6.45, 7) is 0. The number of rotatable bonds is 3. The lowest BCUT2D eigenvalue weighted by Gasteiger charge is -2.09. The van der Waals surface area contributed by atoms with Gasteiger partial charge in [0.25, 0.3) is 10.0 Å². The van der Waals surface area contributed by atoms with Gasteiger partial charge in [0.15, 0.2) is 0 Å². The molecule has 0 amide bonds. The van der Waals surface area contributed by atoms with Gasteiger partial charge in [-0.15, -0.1) is 0 Å². The molecule has 0 saturated carbocycles. The van der Waals surface area contributed by atoms with Crippen LogP contribution in [0.1, 0.15) is 0 Å². The van der Waals surface area contributed by atoms with Crippen molar-refractivity contribution in [3.8, 4) is 0 Å². The highest BCUT2D eigenvalue weighted by molar-refractivity contribution is 9.10. The second kappa shape index (κ2) is 5.37. The zero-order valence-electron chi connectivity index (χ0n) is 9.90. The van der Waals surface area contributed by atoms with Crippen LogP contribution >= 0.6 is 15.9 Å². The summed E-state index contributed by atoms with van der Waals surface area (Å²) >= 11 is 2.96. The summed E-state index contributed by atoms with van der Waals surface area (Å²) in [5.41, 5.74) is 5.09. The molecule has 0 aromatic heterocycles. The third kappa shape index (κ3) is 3.07. The largest absolute Gasteiger partial charge is 0.396 e. The van der Waals surface area contributed by atoms with Crippen molar-refractivity contribution in [2.45, 2.75) is 4.90 Å². The van der Waals surface area contributed by atoms with E-state index in [9.17, 15) is 17.2 Å². The Morgan fingerprint density at radius 1 is 1.05 bits per heavy atom. The highest BCUT2D eigenvalue weighted by Gasteiger charge is 2.16. The molecule has 4 nitrogen and oxygen atoms in total. The number of hydrogen-bond donors (Lipinski definition) is 2. The molecule has 2 aromatic rings. The molecule has 0 fully saturated rings. The first-order valence-electron chi connectivity index (χ1n) is 5.32. The van der Waals surface area contributed by atoms with Crippen LogP contribution in [0.15, 0.2) is 45.8 Å². The van der Waals surface area contributed by atoms with Crippen molar-refractivity contribution >= 4 is 37.3 Å². The van der Waals surface area contributed by atoms with Crippen LogP contribution in [-0.2, 0) is 10.0 Å². The fraction of sp³-hybridized carbons (Fsp3) is 0. The van der Waals surface area contributed by atoms with Crippen molar-refractivity contribution < 1.29 is 17.2 Å². The van der Waals surface area contributed by atoms with Crippen molar-refractivity contribution in [1.29, 1.82) is 0 Å². The van der Waals surface area contributed by atoms with Crippen LogP contribution in [0.3, 0.4) is 0 Å². The molecule has 0 aliphatic heterocycles. The Balaban J connectivity index is 2.35. The van der Waals surface area contributed by atoms with Gasteiger partial charge in [-0.25, -0.2) is 17.2 Å². The quantitative estimate of drug-likeness (QED) is 0.824. The van der Waals surface area contributed by atoms with Crippen LogP contribution in [0.2, 0.25) is 0 Å². The van der Waals surface area contributed by atoms with Gasteiger partial charge in [-0.3, -0.25) is 4.72 Å². The molecule has 2 rings (SSSR count). The van der Waals surface area contributed by atoms with Crippen LogP contribution in [0.25, 0.3) is 0 Å². The van der Waals surface area contributed by atoms with Crippen LogP contribution in [0.5, 0.6) is 0 Å². The fourth-order valence-corrected chi connectivity index (χ4v) is 2.79. The van der Waals surface area contributed by atoms with Gasteiger partial charge in [0, 0.05) is 0 Å². The number of benzene rings is 2. The monoisotopic (exact) mass is 362 g/mol. The average molecular weight is 363 g/mol. The molecule has 0 heterocycles. The second-order valence-electron chi connectivity index (χ2n) is 3.92. The zero-order valence-corrected chi connectivity index (χ0v) is 12.3. The molecule has 3 N–H and O–H groups in total. The summed E-state index contributed by atoms with van der Waals surface area (Å²) in [6, 6.07) is 6.79. The van der Waals surface area contributed by atoms with Crippen molar-refractivity contribution in [2.75, 3.05) is 10.5 Å². The molecular weight excluding hydrogens is 354 g/mol. The number of nitrogens with one attached hydrogen (secondary N) is 1. The number of nitrogens with two attached hydrogens (primary N) is 1. The van der Waals surface area contributed by atoms with Crippen molar-refractivity contribution in [3.63, 3.8) is 0 Å². The number of nitrogen functional groups attached to an aromatic ring is 1. The first-order valence-corrected chi connectivity index (χ1v) is 7.60. The van der Waals surface area contributed by atoms with E-state index in [4.69, 9.17) is 5.73 Å². The van der Waals surface area contributed by atoms with Gasteiger partial charge < -0.3 is 5.73 Å². The maximum atomic E-state index is 13.3. The van der Waals surface area contributed by atoms with Gasteiger partial charge in [-0.1, -0.05) is 0 Å². The minimum absolute atomic E-state index is 0.0496. The smallest absolute Gasteiger partial charge is 0.261 e. The van der Waals surface area contributed by atoms with E-state index in [1.54, 1.807) is 0 Å². The highest BCUT2D eigenvalue weighted by Crippen LogP contribution is 2.23. The minimum atomic E-state index is -3.96. The topological polar surface area (TPSA) is 72.2 Å². The van der Waals surface area contributed by atoms with E-state index < -0.39 is 21.7 Å². The fourth-order valence-electron chi connectivity index (χ4n) is 1.46. The Labute approximate surface area is 122 Å². The molecule has 0 spiro atoms. The lowest BCUT2D eigenvalue weighted by atomic mass is 10.3. The van der Waals surface area contributed by atoms with Gasteiger partial charge in [0.2, 0.25) is 0 Å². The van der Waals surface area contributed by atoms with E-state index in [0.717, 1.165) is 24.3 Å². The Morgan fingerprint density at radius 2 is 1.75 bits per heavy atom. The molecule has 20 heavy (non-hydrogen) atoms. The maximum Gasteiger partial charge on any atom is 0.261 e. The van der Waals surface area contributed by atoms with E-state index in [-0.39, 0.29) is 20.7 Å². The van der Waals surface area contributed by atoms with Crippen LogP contribution in [0, 0.1) is 11.6 Å². The molecule has 0 aliphatic carbocycles. The van der Waals surface area contributed by atoms with Gasteiger partial charge >= 0.3 is 0 Å². The molecule has 0 unspecified atom stereocenters. The standard InChI is InChI=1S/C12H9BrF2N2O2S/c13-9-3-1-7(5-11(9)15)17-20(18,19)8-2-4-10(14)12(16)6-8/h1-6,17H,16H2. The zero-order chi connectivity index (χ0) is 14.9. The molecule has 0 saturated heterocycles. The average Bonchev–Trinajstić information content (AvgIpc) is 2.37. The lowest BCUT2D eigenvalue weighted by molar-refractivity contribution is 0.600. The number of anilines is 2. The summed E-state index contributed by atoms with van der Waals surface area (Å²) in [5.74, 6) is -1.32. The molecule has 0 bridgehead atoms. The lowest BCUT2D eigenvalue weighted by Crippen LogP contribution is -2.13. The van der Waals surface area contributed by atoms with Gasteiger partial charge in [-0.05, 0) is 52.3 Å². The van der Waals surface area contributed by atoms with Crippen LogP contribution in [0.4, 0.5) is 20.2 Å². The summed E-state index contributed by atoms with van der Waals surface area (Å²) in [5, 5.41) is 0. The SMILES string of the molecule is Nc1cc(S(=O)(=O)Nc2ccc(Br)c(F)c2)ccc1F. The summed E-state index contributed by atoms with van der Waals surface area (Å²) < 4.78 is 52.8. The van der Waals surface area contributed by atoms with Crippen LogP contribution in [-0.4, -0.2) is 8.42 Å². The molecule has 8 heteroatoms. The number of hydrogen-bond acceptors (Lipinski definition) is 3. The molecule has 0 radical (unpaired) electrons. The third-order valence-electron chi connectivity index (χ3n) is 2.45.